The zero-order valence-corrected chi connectivity index (χ0v) is 23.5. The molecule has 1 N–H and O–H groups in total. The lowest BCUT2D eigenvalue weighted by Gasteiger charge is -2.24. The first-order valence-electron chi connectivity index (χ1n) is 13.4. The van der Waals surface area contributed by atoms with E-state index in [2.05, 4.69) is 42.1 Å². The lowest BCUT2D eigenvalue weighted by molar-refractivity contribution is -0.133. The van der Waals surface area contributed by atoms with Gasteiger partial charge in [0.05, 0.1) is 0 Å². The molecule has 0 unspecified atom stereocenters. The molecule has 2 amide bonds. The van der Waals surface area contributed by atoms with Crippen LogP contribution in [-0.2, 0) is 27.5 Å². The van der Waals surface area contributed by atoms with E-state index in [-0.39, 0.29) is 61.0 Å². The number of rotatable bonds is 10. The number of imidazole rings is 1. The quantitative estimate of drug-likeness (QED) is 0.200. The van der Waals surface area contributed by atoms with Gasteiger partial charge in [-0.1, -0.05) is 43.9 Å². The van der Waals surface area contributed by atoms with Crippen molar-refractivity contribution in [2.45, 2.75) is 83.3 Å². The van der Waals surface area contributed by atoms with Gasteiger partial charge in [0.2, 0.25) is 17.6 Å². The molecule has 1 saturated heterocycles. The van der Waals surface area contributed by atoms with Gasteiger partial charge in [0.1, 0.15) is 12.8 Å². The number of piperidine rings is 1. The summed E-state index contributed by atoms with van der Waals surface area (Å²) in [4.78, 5) is 41.8. The third kappa shape index (κ3) is 7.15. The van der Waals surface area contributed by atoms with E-state index in [1.54, 1.807) is 10.8 Å². The van der Waals surface area contributed by atoms with Gasteiger partial charge >= 0.3 is 0 Å². The highest BCUT2D eigenvalue weighted by atomic mass is 28.3. The fourth-order valence-corrected chi connectivity index (χ4v) is 5.74. The van der Waals surface area contributed by atoms with Crippen LogP contribution in [0.3, 0.4) is 0 Å². The first-order chi connectivity index (χ1) is 18.1. The zero-order chi connectivity index (χ0) is 27.3. The first kappa shape index (κ1) is 27.7. The number of ether oxygens (including phenoxy) is 1. The molecular formula is C29H36N4O4Si. The van der Waals surface area contributed by atoms with Crippen LogP contribution in [0.15, 0.2) is 30.5 Å². The lowest BCUT2D eigenvalue weighted by Crippen LogP contribution is -2.37. The maximum Gasteiger partial charge on any atom is 0.227 e. The minimum Gasteiger partial charge on any atom is -0.361 e. The second-order valence-corrected chi connectivity index (χ2v) is 17.1. The SMILES string of the molecule is C[Si](C)(C)CCOCn1cc(C#N)nc1C(=O)Cc1ccc(C2CC(=O)NC(=O)C2)cc1C1=CCCCC1. The summed E-state index contributed by atoms with van der Waals surface area (Å²) in [5, 5.41) is 11.8. The van der Waals surface area contributed by atoms with Crippen molar-refractivity contribution < 1.29 is 19.1 Å². The summed E-state index contributed by atoms with van der Waals surface area (Å²) in [5.41, 5.74) is 4.20. The maximum absolute atomic E-state index is 13.5. The molecule has 1 aromatic heterocycles. The number of carbonyl (C=O) groups excluding carboxylic acids is 3. The van der Waals surface area contributed by atoms with E-state index in [1.165, 1.54) is 5.57 Å². The summed E-state index contributed by atoms with van der Waals surface area (Å²) in [7, 11) is -1.25. The molecular weight excluding hydrogens is 496 g/mol. The number of ketones is 1. The molecule has 0 radical (unpaired) electrons. The number of benzene rings is 1. The van der Waals surface area contributed by atoms with Crippen LogP contribution in [0, 0.1) is 11.3 Å². The first-order valence-corrected chi connectivity index (χ1v) is 17.1. The van der Waals surface area contributed by atoms with Gasteiger partial charge in [0.15, 0.2) is 11.5 Å². The lowest BCUT2D eigenvalue weighted by atomic mass is 9.83. The number of nitriles is 1. The molecule has 0 atom stereocenters. The Morgan fingerprint density at radius 3 is 2.63 bits per heavy atom. The summed E-state index contributed by atoms with van der Waals surface area (Å²) in [5.74, 6) is -0.642. The Labute approximate surface area is 225 Å². The molecule has 0 saturated carbocycles. The highest BCUT2D eigenvalue weighted by Gasteiger charge is 2.27. The van der Waals surface area contributed by atoms with Crippen molar-refractivity contribution in [3.05, 3.63) is 58.7 Å². The van der Waals surface area contributed by atoms with Crippen molar-refractivity contribution in [2.75, 3.05) is 6.61 Å². The average molecular weight is 533 g/mol. The molecule has 0 spiro atoms. The molecule has 1 fully saturated rings. The van der Waals surface area contributed by atoms with Crippen LogP contribution in [0.4, 0.5) is 0 Å². The molecule has 1 aliphatic heterocycles. The molecule has 2 aliphatic rings. The minimum absolute atomic E-state index is 0.133. The number of allylic oxidation sites excluding steroid dienone is 2. The van der Waals surface area contributed by atoms with Gasteiger partial charge in [0, 0.05) is 46.1 Å². The molecule has 4 rings (SSSR count). The number of imide groups is 1. The van der Waals surface area contributed by atoms with Gasteiger partial charge in [-0.25, -0.2) is 4.98 Å². The minimum atomic E-state index is -1.25. The summed E-state index contributed by atoms with van der Waals surface area (Å²) < 4.78 is 7.47. The van der Waals surface area contributed by atoms with Crippen LogP contribution in [0.5, 0.6) is 0 Å². The highest BCUT2D eigenvalue weighted by molar-refractivity contribution is 6.76. The van der Waals surface area contributed by atoms with Crippen molar-refractivity contribution >= 4 is 31.2 Å². The van der Waals surface area contributed by atoms with Crippen LogP contribution in [0.1, 0.15) is 77.4 Å². The normalized spacial score (nSPS) is 16.6. The highest BCUT2D eigenvalue weighted by Crippen LogP contribution is 2.34. The Bertz CT molecular complexity index is 1280. The van der Waals surface area contributed by atoms with Gasteiger partial charge in [0.25, 0.3) is 0 Å². The van der Waals surface area contributed by atoms with Crippen LogP contribution in [-0.4, -0.2) is 41.8 Å². The molecule has 200 valence electrons. The largest absolute Gasteiger partial charge is 0.361 e. The van der Waals surface area contributed by atoms with Crippen molar-refractivity contribution in [1.29, 1.82) is 5.26 Å². The van der Waals surface area contributed by atoms with Crippen LogP contribution in [0.2, 0.25) is 25.7 Å². The molecule has 38 heavy (non-hydrogen) atoms. The topological polar surface area (TPSA) is 114 Å². The van der Waals surface area contributed by atoms with Crippen molar-refractivity contribution in [3.63, 3.8) is 0 Å². The number of hydrogen-bond donors (Lipinski definition) is 1. The van der Waals surface area contributed by atoms with Crippen LogP contribution >= 0.6 is 0 Å². The number of aromatic nitrogens is 2. The molecule has 0 bridgehead atoms. The molecule has 2 heterocycles. The zero-order valence-electron chi connectivity index (χ0n) is 22.5. The number of amides is 2. The Morgan fingerprint density at radius 2 is 1.97 bits per heavy atom. The number of Topliss-reactive ketones (excluding diaryl/α,β-unsaturated/α-hetero) is 1. The van der Waals surface area contributed by atoms with Crippen molar-refractivity contribution in [3.8, 4) is 6.07 Å². The standard InChI is InChI=1S/C29H36N4O4Si/c1-38(2,3)12-11-37-19-33-18-24(17-30)31-29(33)26(34)14-22-10-9-21(23-15-27(35)32-28(36)16-23)13-25(22)20-7-5-4-6-8-20/h7,9-10,13,18,23H,4-6,8,11-12,14-16,19H2,1-3H3,(H,32,35,36). The summed E-state index contributed by atoms with van der Waals surface area (Å²) >= 11 is 0. The van der Waals surface area contributed by atoms with E-state index in [9.17, 15) is 19.6 Å². The van der Waals surface area contributed by atoms with E-state index in [1.807, 2.05) is 18.2 Å². The van der Waals surface area contributed by atoms with Crippen LogP contribution < -0.4 is 5.32 Å². The molecule has 2 aromatic rings. The number of nitrogens with zero attached hydrogens (tertiary/aromatic N) is 3. The van der Waals surface area contributed by atoms with E-state index in [0.29, 0.717) is 6.61 Å². The van der Waals surface area contributed by atoms with E-state index in [0.717, 1.165) is 48.4 Å². The summed E-state index contributed by atoms with van der Waals surface area (Å²) in [6.07, 6.45) is 8.61. The third-order valence-electron chi connectivity index (χ3n) is 7.10. The number of nitrogens with one attached hydrogen (secondary N) is 1. The summed E-state index contributed by atoms with van der Waals surface area (Å²) in [6.45, 7) is 7.62. The van der Waals surface area contributed by atoms with Gasteiger partial charge in [-0.15, -0.1) is 0 Å². The molecule has 8 nitrogen and oxygen atoms in total. The smallest absolute Gasteiger partial charge is 0.227 e. The number of hydrogen-bond acceptors (Lipinski definition) is 6. The fourth-order valence-electron chi connectivity index (χ4n) is 4.98. The Hall–Kier alpha value is -3.35. The summed E-state index contributed by atoms with van der Waals surface area (Å²) in [6, 6.07) is 8.97. The van der Waals surface area contributed by atoms with E-state index < -0.39 is 8.07 Å². The van der Waals surface area contributed by atoms with Crippen molar-refractivity contribution in [1.82, 2.24) is 14.9 Å². The third-order valence-corrected chi connectivity index (χ3v) is 8.81. The monoisotopic (exact) mass is 532 g/mol. The predicted octanol–water partition coefficient (Wildman–Crippen LogP) is 4.97. The van der Waals surface area contributed by atoms with E-state index >= 15 is 0 Å². The Balaban J connectivity index is 1.58. The predicted molar refractivity (Wildman–Crippen MR) is 147 cm³/mol. The Morgan fingerprint density at radius 1 is 1.21 bits per heavy atom. The number of carbonyl (C=O) groups is 3. The molecule has 1 aromatic carbocycles. The molecule has 1 aliphatic carbocycles. The average Bonchev–Trinajstić information content (AvgIpc) is 3.30. The Kier molecular flexibility index (Phi) is 8.75. The second kappa shape index (κ2) is 12.0. The van der Waals surface area contributed by atoms with Gasteiger partial charge in [-0.3, -0.25) is 19.7 Å². The molecule has 9 heteroatoms. The maximum atomic E-state index is 13.5. The van der Waals surface area contributed by atoms with E-state index in [4.69, 9.17) is 4.74 Å². The van der Waals surface area contributed by atoms with Gasteiger partial charge < -0.3 is 9.30 Å². The van der Waals surface area contributed by atoms with Crippen molar-refractivity contribution in [2.24, 2.45) is 0 Å². The van der Waals surface area contributed by atoms with Crippen LogP contribution in [0.25, 0.3) is 5.57 Å². The fraction of sp³-hybridized carbons (Fsp3) is 0.483. The van der Waals surface area contributed by atoms with Gasteiger partial charge in [-0.05, 0) is 54.0 Å². The second-order valence-electron chi connectivity index (χ2n) is 11.4. The van der Waals surface area contributed by atoms with Gasteiger partial charge in [-0.2, -0.15) is 5.26 Å².